The highest BCUT2D eigenvalue weighted by molar-refractivity contribution is 9.10. The van der Waals surface area contributed by atoms with E-state index in [0.717, 1.165) is 16.5 Å². The summed E-state index contributed by atoms with van der Waals surface area (Å²) >= 11 is 5.32. The van der Waals surface area contributed by atoms with Gasteiger partial charge in [-0.05, 0) is 51.0 Å². The highest BCUT2D eigenvalue weighted by atomic mass is 79.9. The molecule has 0 spiro atoms. The molecule has 1 nitrogen and oxygen atoms in total. The van der Waals surface area contributed by atoms with Gasteiger partial charge in [-0.1, -0.05) is 6.92 Å². The Morgan fingerprint density at radius 3 is 2.93 bits per heavy atom. The quantitative estimate of drug-likeness (QED) is 0.882. The molecule has 2 rings (SSSR count). The molecule has 74 valence electrons. The molecule has 0 aliphatic rings. The van der Waals surface area contributed by atoms with Crippen molar-refractivity contribution in [2.45, 2.75) is 20.0 Å². The van der Waals surface area contributed by atoms with Gasteiger partial charge < -0.3 is 5.11 Å². The zero-order chi connectivity index (χ0) is 10.1. The lowest BCUT2D eigenvalue weighted by atomic mass is 10.0. The average Bonchev–Trinajstić information content (AvgIpc) is 2.65. The van der Waals surface area contributed by atoms with E-state index in [2.05, 4.69) is 40.4 Å². The van der Waals surface area contributed by atoms with Gasteiger partial charge in [0, 0.05) is 14.6 Å². The number of aliphatic hydroxyl groups excluding tert-OH is 1. The van der Waals surface area contributed by atoms with Gasteiger partial charge in [0.25, 0.3) is 0 Å². The zero-order valence-corrected chi connectivity index (χ0v) is 10.3. The normalized spacial score (nSPS) is 11.1. The standard InChI is InChI=1S/C11H11BrOS/c1-2-8-7(6-13)5-10-9(11(8)12)3-4-14-10/h3-5,13H,2,6H2,1H3. The molecule has 14 heavy (non-hydrogen) atoms. The number of aliphatic hydroxyl groups is 1. The number of hydrogen-bond acceptors (Lipinski definition) is 2. The SMILES string of the molecule is CCc1c(CO)cc2sccc2c1Br. The van der Waals surface area contributed by atoms with E-state index >= 15 is 0 Å². The molecule has 1 heterocycles. The topological polar surface area (TPSA) is 20.2 Å². The van der Waals surface area contributed by atoms with Gasteiger partial charge in [-0.15, -0.1) is 11.3 Å². The van der Waals surface area contributed by atoms with Gasteiger partial charge in [0.05, 0.1) is 6.61 Å². The zero-order valence-electron chi connectivity index (χ0n) is 7.88. The van der Waals surface area contributed by atoms with Gasteiger partial charge >= 0.3 is 0 Å². The predicted molar refractivity (Wildman–Crippen MR) is 64.8 cm³/mol. The summed E-state index contributed by atoms with van der Waals surface area (Å²) in [4.78, 5) is 0. The predicted octanol–water partition coefficient (Wildman–Crippen LogP) is 3.72. The minimum atomic E-state index is 0.121. The van der Waals surface area contributed by atoms with Crippen LogP contribution in [0.3, 0.4) is 0 Å². The fraction of sp³-hybridized carbons (Fsp3) is 0.273. The van der Waals surface area contributed by atoms with Gasteiger partial charge in [-0.2, -0.15) is 0 Å². The van der Waals surface area contributed by atoms with E-state index in [1.54, 1.807) is 11.3 Å². The van der Waals surface area contributed by atoms with E-state index in [1.807, 2.05) is 0 Å². The van der Waals surface area contributed by atoms with E-state index in [1.165, 1.54) is 15.6 Å². The number of rotatable bonds is 2. The van der Waals surface area contributed by atoms with Crippen molar-refractivity contribution in [2.75, 3.05) is 0 Å². The number of benzene rings is 1. The maximum atomic E-state index is 9.25. The minimum absolute atomic E-state index is 0.121. The van der Waals surface area contributed by atoms with Gasteiger partial charge in [-0.3, -0.25) is 0 Å². The summed E-state index contributed by atoms with van der Waals surface area (Å²) in [6.45, 7) is 2.23. The third kappa shape index (κ3) is 1.49. The molecule has 0 fully saturated rings. The Balaban J connectivity index is 2.79. The Labute approximate surface area is 95.5 Å². The molecular formula is C11H11BrOS. The second-order valence-electron chi connectivity index (χ2n) is 3.17. The molecule has 0 aliphatic heterocycles. The van der Waals surface area contributed by atoms with E-state index in [9.17, 15) is 5.11 Å². The molecule has 0 unspecified atom stereocenters. The summed E-state index contributed by atoms with van der Waals surface area (Å²) in [5, 5.41) is 12.6. The lowest BCUT2D eigenvalue weighted by molar-refractivity contribution is 0.281. The Bertz CT molecular complexity index is 462. The van der Waals surface area contributed by atoms with Gasteiger partial charge in [0.15, 0.2) is 0 Å². The molecule has 1 aromatic carbocycles. The highest BCUT2D eigenvalue weighted by Gasteiger charge is 2.09. The van der Waals surface area contributed by atoms with Crippen molar-refractivity contribution in [3.8, 4) is 0 Å². The Hall–Kier alpha value is -0.380. The smallest absolute Gasteiger partial charge is 0.0685 e. The van der Waals surface area contributed by atoms with Crippen molar-refractivity contribution in [3.63, 3.8) is 0 Å². The second kappa shape index (κ2) is 4.01. The van der Waals surface area contributed by atoms with Crippen LogP contribution in [0.15, 0.2) is 22.0 Å². The first-order valence-electron chi connectivity index (χ1n) is 4.56. The molecule has 0 atom stereocenters. The van der Waals surface area contributed by atoms with Crippen LogP contribution in [0.25, 0.3) is 10.1 Å². The van der Waals surface area contributed by atoms with Gasteiger partial charge in [0.2, 0.25) is 0 Å². The fourth-order valence-corrected chi connectivity index (χ4v) is 3.56. The number of hydrogen-bond donors (Lipinski definition) is 1. The Kier molecular flexibility index (Phi) is 2.91. The first-order valence-corrected chi connectivity index (χ1v) is 6.23. The highest BCUT2D eigenvalue weighted by Crippen LogP contribution is 2.34. The molecule has 0 aliphatic carbocycles. The lowest BCUT2D eigenvalue weighted by Gasteiger charge is -2.08. The van der Waals surface area contributed by atoms with Gasteiger partial charge in [0.1, 0.15) is 0 Å². The van der Waals surface area contributed by atoms with E-state index in [-0.39, 0.29) is 6.61 Å². The monoisotopic (exact) mass is 270 g/mol. The first-order chi connectivity index (χ1) is 6.77. The molecule has 3 heteroatoms. The summed E-state index contributed by atoms with van der Waals surface area (Å²) < 4.78 is 2.38. The first kappa shape index (κ1) is 10.1. The van der Waals surface area contributed by atoms with Crippen molar-refractivity contribution in [2.24, 2.45) is 0 Å². The molecule has 0 saturated carbocycles. The van der Waals surface area contributed by atoms with Crippen molar-refractivity contribution < 1.29 is 5.11 Å². The van der Waals surface area contributed by atoms with Crippen LogP contribution in [-0.2, 0) is 13.0 Å². The largest absolute Gasteiger partial charge is 0.392 e. The second-order valence-corrected chi connectivity index (χ2v) is 4.91. The number of thiophene rings is 1. The third-order valence-corrected chi connectivity index (χ3v) is 4.18. The van der Waals surface area contributed by atoms with Crippen molar-refractivity contribution >= 4 is 37.4 Å². The van der Waals surface area contributed by atoms with Crippen LogP contribution >= 0.6 is 27.3 Å². The molecule has 0 amide bonds. The minimum Gasteiger partial charge on any atom is -0.392 e. The van der Waals surface area contributed by atoms with E-state index < -0.39 is 0 Å². The van der Waals surface area contributed by atoms with Crippen LogP contribution in [0, 0.1) is 0 Å². The van der Waals surface area contributed by atoms with Crippen LogP contribution in [0.1, 0.15) is 18.1 Å². The van der Waals surface area contributed by atoms with E-state index in [0.29, 0.717) is 0 Å². The molecule has 0 bridgehead atoms. The summed E-state index contributed by atoms with van der Waals surface area (Å²) in [6.07, 6.45) is 0.947. The fourth-order valence-electron chi connectivity index (χ4n) is 1.69. The van der Waals surface area contributed by atoms with Crippen molar-refractivity contribution in [1.29, 1.82) is 0 Å². The number of fused-ring (bicyclic) bond motifs is 1. The summed E-state index contributed by atoms with van der Waals surface area (Å²) in [5.41, 5.74) is 2.26. The maximum Gasteiger partial charge on any atom is 0.0685 e. The molecule has 1 aromatic heterocycles. The van der Waals surface area contributed by atoms with Crippen LogP contribution < -0.4 is 0 Å². The van der Waals surface area contributed by atoms with Crippen molar-refractivity contribution in [3.05, 3.63) is 33.1 Å². The van der Waals surface area contributed by atoms with Gasteiger partial charge in [-0.25, -0.2) is 0 Å². The summed E-state index contributed by atoms with van der Waals surface area (Å²) in [6, 6.07) is 4.20. The maximum absolute atomic E-state index is 9.25. The summed E-state index contributed by atoms with van der Waals surface area (Å²) in [5.74, 6) is 0. The Morgan fingerprint density at radius 1 is 1.50 bits per heavy atom. The van der Waals surface area contributed by atoms with Crippen LogP contribution in [0.5, 0.6) is 0 Å². The Morgan fingerprint density at radius 2 is 2.29 bits per heavy atom. The molecule has 0 radical (unpaired) electrons. The van der Waals surface area contributed by atoms with Crippen LogP contribution in [0.2, 0.25) is 0 Å². The molecule has 2 aromatic rings. The van der Waals surface area contributed by atoms with E-state index in [4.69, 9.17) is 0 Å². The van der Waals surface area contributed by atoms with Crippen LogP contribution in [-0.4, -0.2) is 5.11 Å². The molecule has 1 N–H and O–H groups in total. The average molecular weight is 271 g/mol. The molecule has 0 saturated heterocycles. The molecular weight excluding hydrogens is 260 g/mol. The van der Waals surface area contributed by atoms with Crippen molar-refractivity contribution in [1.82, 2.24) is 0 Å². The van der Waals surface area contributed by atoms with Crippen LogP contribution in [0.4, 0.5) is 0 Å². The third-order valence-electron chi connectivity index (χ3n) is 2.41. The lowest BCUT2D eigenvalue weighted by Crippen LogP contribution is -1.93. The number of halogens is 1. The summed E-state index contributed by atoms with van der Waals surface area (Å²) in [7, 11) is 0.